The second kappa shape index (κ2) is 5.99. The van der Waals surface area contributed by atoms with Crippen molar-refractivity contribution >= 4 is 0 Å². The lowest BCUT2D eigenvalue weighted by Gasteiger charge is -2.19. The number of benzene rings is 1. The summed E-state index contributed by atoms with van der Waals surface area (Å²) in [6, 6.07) is 8.73. The van der Waals surface area contributed by atoms with Gasteiger partial charge in [-0.1, -0.05) is 23.8 Å². The maximum atomic E-state index is 5.72. The summed E-state index contributed by atoms with van der Waals surface area (Å²) in [6.45, 7) is 4.24. The van der Waals surface area contributed by atoms with E-state index in [9.17, 15) is 0 Å². The molecule has 0 fully saturated rings. The molecule has 0 bridgehead atoms. The number of hydrogen-bond donors (Lipinski definition) is 2. The predicted octanol–water partition coefficient (Wildman–Crippen LogP) is 2.17. The summed E-state index contributed by atoms with van der Waals surface area (Å²) >= 11 is 0. The predicted molar refractivity (Wildman–Crippen MR) is 77.5 cm³/mol. The van der Waals surface area contributed by atoms with Crippen LogP contribution in [-0.2, 0) is 13.5 Å². The highest BCUT2D eigenvalue weighted by molar-refractivity contribution is 5.32. The van der Waals surface area contributed by atoms with Crippen molar-refractivity contribution in [2.75, 3.05) is 0 Å². The molecule has 19 heavy (non-hydrogen) atoms. The molecule has 0 aliphatic heterocycles. The Hall–Kier alpha value is -1.65. The molecule has 102 valence electrons. The number of aromatic nitrogens is 2. The van der Waals surface area contributed by atoms with Crippen LogP contribution in [0.15, 0.2) is 30.5 Å². The summed E-state index contributed by atoms with van der Waals surface area (Å²) in [6.07, 6.45) is 3.75. The van der Waals surface area contributed by atoms with E-state index in [1.54, 1.807) is 0 Å². The third-order valence-corrected chi connectivity index (χ3v) is 3.61. The summed E-state index contributed by atoms with van der Waals surface area (Å²) in [5.74, 6) is 5.72. The molecule has 4 nitrogen and oxygen atoms in total. The molecule has 0 amide bonds. The molecule has 1 aromatic carbocycles. The van der Waals surface area contributed by atoms with Gasteiger partial charge in [0, 0.05) is 25.0 Å². The fourth-order valence-electron chi connectivity index (χ4n) is 2.48. The Balaban J connectivity index is 2.10. The van der Waals surface area contributed by atoms with E-state index in [-0.39, 0.29) is 6.04 Å². The first kappa shape index (κ1) is 13.8. The first-order valence-corrected chi connectivity index (χ1v) is 6.62. The first-order chi connectivity index (χ1) is 9.11. The SMILES string of the molecule is Cc1ccc(C(CCc2ccnn2C)NN)c(C)c1. The van der Waals surface area contributed by atoms with E-state index in [1.165, 1.54) is 22.4 Å². The Morgan fingerprint density at radius 1 is 1.32 bits per heavy atom. The van der Waals surface area contributed by atoms with Crippen LogP contribution in [0, 0.1) is 13.8 Å². The number of hydrazine groups is 1. The smallest absolute Gasteiger partial charge is 0.0492 e. The van der Waals surface area contributed by atoms with Gasteiger partial charge < -0.3 is 0 Å². The van der Waals surface area contributed by atoms with Crippen molar-refractivity contribution in [3.8, 4) is 0 Å². The van der Waals surface area contributed by atoms with Gasteiger partial charge in [0.25, 0.3) is 0 Å². The van der Waals surface area contributed by atoms with Gasteiger partial charge >= 0.3 is 0 Å². The van der Waals surface area contributed by atoms with Crippen molar-refractivity contribution < 1.29 is 0 Å². The quantitative estimate of drug-likeness (QED) is 0.638. The van der Waals surface area contributed by atoms with Gasteiger partial charge in [0.15, 0.2) is 0 Å². The van der Waals surface area contributed by atoms with Gasteiger partial charge in [-0.15, -0.1) is 0 Å². The average molecular weight is 258 g/mol. The van der Waals surface area contributed by atoms with Crippen LogP contribution in [0.4, 0.5) is 0 Å². The largest absolute Gasteiger partial charge is 0.273 e. The zero-order valence-corrected chi connectivity index (χ0v) is 11.9. The summed E-state index contributed by atoms with van der Waals surface area (Å²) in [5.41, 5.74) is 8.00. The number of rotatable bonds is 5. The Morgan fingerprint density at radius 3 is 2.68 bits per heavy atom. The maximum absolute atomic E-state index is 5.72. The number of nitrogens with one attached hydrogen (secondary N) is 1. The zero-order valence-electron chi connectivity index (χ0n) is 11.9. The van der Waals surface area contributed by atoms with Gasteiger partial charge in [0.2, 0.25) is 0 Å². The Kier molecular flexibility index (Phi) is 4.35. The molecule has 0 saturated heterocycles. The molecule has 2 aromatic rings. The summed E-state index contributed by atoms with van der Waals surface area (Å²) < 4.78 is 1.91. The number of aryl methyl sites for hydroxylation is 4. The minimum atomic E-state index is 0.176. The lowest BCUT2D eigenvalue weighted by atomic mass is 9.96. The molecule has 1 heterocycles. The molecular formula is C15H22N4. The third kappa shape index (κ3) is 3.22. The highest BCUT2D eigenvalue weighted by Gasteiger charge is 2.13. The molecule has 0 spiro atoms. The van der Waals surface area contributed by atoms with E-state index in [4.69, 9.17) is 5.84 Å². The number of hydrogen-bond acceptors (Lipinski definition) is 3. The molecule has 0 aliphatic carbocycles. The monoisotopic (exact) mass is 258 g/mol. The third-order valence-electron chi connectivity index (χ3n) is 3.61. The van der Waals surface area contributed by atoms with Gasteiger partial charge in [-0.2, -0.15) is 5.10 Å². The fraction of sp³-hybridized carbons (Fsp3) is 0.400. The van der Waals surface area contributed by atoms with Crippen LogP contribution < -0.4 is 11.3 Å². The van der Waals surface area contributed by atoms with Crippen LogP contribution in [0.3, 0.4) is 0 Å². The van der Waals surface area contributed by atoms with E-state index in [2.05, 4.69) is 48.6 Å². The van der Waals surface area contributed by atoms with Gasteiger partial charge in [0.1, 0.15) is 0 Å². The highest BCUT2D eigenvalue weighted by atomic mass is 15.3. The van der Waals surface area contributed by atoms with Crippen LogP contribution in [0.1, 0.15) is 34.8 Å². The normalized spacial score (nSPS) is 12.6. The average Bonchev–Trinajstić information content (AvgIpc) is 2.78. The zero-order chi connectivity index (χ0) is 13.8. The standard InChI is InChI=1S/C15H22N4/c1-11-4-6-14(12(2)10-11)15(18-16)7-5-13-8-9-17-19(13)3/h4,6,8-10,15,18H,5,7,16H2,1-3H3. The molecular weight excluding hydrogens is 236 g/mol. The Morgan fingerprint density at radius 2 is 2.11 bits per heavy atom. The molecule has 0 saturated carbocycles. The minimum Gasteiger partial charge on any atom is -0.273 e. The van der Waals surface area contributed by atoms with Crippen LogP contribution >= 0.6 is 0 Å². The van der Waals surface area contributed by atoms with Crippen molar-refractivity contribution in [1.82, 2.24) is 15.2 Å². The second-order valence-electron chi connectivity index (χ2n) is 5.06. The van der Waals surface area contributed by atoms with Crippen LogP contribution in [0.5, 0.6) is 0 Å². The topological polar surface area (TPSA) is 55.9 Å². The number of nitrogens with zero attached hydrogens (tertiary/aromatic N) is 2. The van der Waals surface area contributed by atoms with Crippen LogP contribution in [0.25, 0.3) is 0 Å². The van der Waals surface area contributed by atoms with Gasteiger partial charge in [-0.25, -0.2) is 0 Å². The van der Waals surface area contributed by atoms with Crippen molar-refractivity contribution in [1.29, 1.82) is 0 Å². The van der Waals surface area contributed by atoms with Gasteiger partial charge in [0.05, 0.1) is 0 Å². The molecule has 3 N–H and O–H groups in total. The second-order valence-corrected chi connectivity index (χ2v) is 5.06. The molecule has 0 aliphatic rings. The summed E-state index contributed by atoms with van der Waals surface area (Å²) in [5, 5.41) is 4.19. The highest BCUT2D eigenvalue weighted by Crippen LogP contribution is 2.22. The molecule has 2 rings (SSSR count). The van der Waals surface area contributed by atoms with Crippen molar-refractivity contribution in [2.24, 2.45) is 12.9 Å². The van der Waals surface area contributed by atoms with Gasteiger partial charge in [-0.05, 0) is 43.9 Å². The van der Waals surface area contributed by atoms with Crippen molar-refractivity contribution in [3.05, 3.63) is 52.8 Å². The summed E-state index contributed by atoms with van der Waals surface area (Å²) in [4.78, 5) is 0. The van der Waals surface area contributed by atoms with E-state index in [1.807, 2.05) is 17.9 Å². The molecule has 4 heteroatoms. The maximum Gasteiger partial charge on any atom is 0.0492 e. The van der Waals surface area contributed by atoms with Crippen LogP contribution in [0.2, 0.25) is 0 Å². The van der Waals surface area contributed by atoms with Crippen LogP contribution in [-0.4, -0.2) is 9.78 Å². The van der Waals surface area contributed by atoms with Crippen molar-refractivity contribution in [2.45, 2.75) is 32.7 Å². The van der Waals surface area contributed by atoms with E-state index >= 15 is 0 Å². The molecule has 0 radical (unpaired) electrons. The lowest BCUT2D eigenvalue weighted by molar-refractivity contribution is 0.504. The van der Waals surface area contributed by atoms with E-state index in [0.717, 1.165) is 12.8 Å². The number of nitrogens with two attached hydrogens (primary N) is 1. The Bertz CT molecular complexity index is 545. The first-order valence-electron chi connectivity index (χ1n) is 6.62. The van der Waals surface area contributed by atoms with Crippen molar-refractivity contribution in [3.63, 3.8) is 0 Å². The molecule has 1 atom stereocenters. The Labute approximate surface area is 114 Å². The summed E-state index contributed by atoms with van der Waals surface area (Å²) in [7, 11) is 1.97. The molecule has 1 unspecified atom stereocenters. The minimum absolute atomic E-state index is 0.176. The van der Waals surface area contributed by atoms with Gasteiger partial charge in [-0.3, -0.25) is 16.0 Å². The fourth-order valence-corrected chi connectivity index (χ4v) is 2.48. The molecule has 1 aromatic heterocycles. The van der Waals surface area contributed by atoms with E-state index < -0.39 is 0 Å². The van der Waals surface area contributed by atoms with E-state index in [0.29, 0.717) is 0 Å². The lowest BCUT2D eigenvalue weighted by Crippen LogP contribution is -2.29.